The normalized spacial score (nSPS) is 22.4. The van der Waals surface area contributed by atoms with E-state index in [0.717, 1.165) is 13.0 Å². The Labute approximate surface area is 82.5 Å². The van der Waals surface area contributed by atoms with Crippen LogP contribution < -0.4 is 16.4 Å². The van der Waals surface area contributed by atoms with E-state index in [1.165, 1.54) is 0 Å². The molecule has 0 aromatic carbocycles. The second-order valence-electron chi connectivity index (χ2n) is 3.35. The number of nitrogens with two attached hydrogens (primary N) is 1. The predicted molar refractivity (Wildman–Crippen MR) is 52.1 cm³/mol. The SMILES string of the molecule is NC(CCCNC1CNC(=O)C1)=NO. The van der Waals surface area contributed by atoms with Crippen LogP contribution in [0.3, 0.4) is 0 Å². The second-order valence-corrected chi connectivity index (χ2v) is 3.35. The van der Waals surface area contributed by atoms with Crippen molar-refractivity contribution in [3.63, 3.8) is 0 Å². The van der Waals surface area contributed by atoms with Crippen LogP contribution in [0.25, 0.3) is 0 Å². The van der Waals surface area contributed by atoms with E-state index in [4.69, 9.17) is 10.9 Å². The van der Waals surface area contributed by atoms with Gasteiger partial charge >= 0.3 is 0 Å². The van der Waals surface area contributed by atoms with Gasteiger partial charge in [-0.15, -0.1) is 0 Å². The van der Waals surface area contributed by atoms with Gasteiger partial charge in [0.25, 0.3) is 0 Å². The topological polar surface area (TPSA) is 99.7 Å². The van der Waals surface area contributed by atoms with E-state index in [1.807, 2.05) is 0 Å². The van der Waals surface area contributed by atoms with Gasteiger partial charge in [-0.2, -0.15) is 0 Å². The number of hydrogen-bond acceptors (Lipinski definition) is 4. The summed E-state index contributed by atoms with van der Waals surface area (Å²) >= 11 is 0. The lowest BCUT2D eigenvalue weighted by atomic mass is 10.2. The van der Waals surface area contributed by atoms with E-state index < -0.39 is 0 Å². The monoisotopic (exact) mass is 200 g/mol. The Hall–Kier alpha value is -1.30. The van der Waals surface area contributed by atoms with Gasteiger partial charge in [0.05, 0.1) is 0 Å². The largest absolute Gasteiger partial charge is 0.409 e. The van der Waals surface area contributed by atoms with E-state index in [0.29, 0.717) is 19.4 Å². The third-order valence-corrected chi connectivity index (χ3v) is 2.15. The summed E-state index contributed by atoms with van der Waals surface area (Å²) in [7, 11) is 0. The van der Waals surface area contributed by atoms with Gasteiger partial charge in [-0.25, -0.2) is 0 Å². The van der Waals surface area contributed by atoms with Crippen LogP contribution in [0.5, 0.6) is 0 Å². The molecule has 0 spiro atoms. The lowest BCUT2D eigenvalue weighted by Crippen LogP contribution is -2.32. The Morgan fingerprint density at radius 3 is 3.14 bits per heavy atom. The van der Waals surface area contributed by atoms with Gasteiger partial charge in [0, 0.05) is 25.4 Å². The first-order valence-electron chi connectivity index (χ1n) is 4.69. The maximum atomic E-state index is 10.8. The van der Waals surface area contributed by atoms with Crippen LogP contribution in [0.15, 0.2) is 5.16 Å². The highest BCUT2D eigenvalue weighted by Gasteiger charge is 2.19. The van der Waals surface area contributed by atoms with Crippen LogP contribution in [0.4, 0.5) is 0 Å². The standard InChI is InChI=1S/C8H16N4O2/c9-7(12-14)2-1-3-10-6-4-8(13)11-5-6/h6,10,14H,1-5H2,(H2,9,12)(H,11,13). The van der Waals surface area contributed by atoms with Crippen LogP contribution >= 0.6 is 0 Å². The van der Waals surface area contributed by atoms with Crippen molar-refractivity contribution >= 4 is 11.7 Å². The van der Waals surface area contributed by atoms with Crippen molar-refractivity contribution in [2.75, 3.05) is 13.1 Å². The number of carbonyl (C=O) groups excluding carboxylic acids is 1. The molecule has 80 valence electrons. The maximum absolute atomic E-state index is 10.8. The van der Waals surface area contributed by atoms with Crippen LogP contribution in [-0.4, -0.2) is 36.1 Å². The van der Waals surface area contributed by atoms with Gasteiger partial charge in [0.2, 0.25) is 5.91 Å². The minimum Gasteiger partial charge on any atom is -0.409 e. The van der Waals surface area contributed by atoms with Crippen LogP contribution in [0, 0.1) is 0 Å². The molecule has 1 aliphatic heterocycles. The fourth-order valence-corrected chi connectivity index (χ4v) is 1.38. The van der Waals surface area contributed by atoms with Crippen molar-refractivity contribution in [2.24, 2.45) is 10.9 Å². The zero-order valence-corrected chi connectivity index (χ0v) is 7.99. The highest BCUT2D eigenvalue weighted by Crippen LogP contribution is 1.99. The number of nitrogens with zero attached hydrogens (tertiary/aromatic N) is 1. The molecule has 1 fully saturated rings. The molecule has 0 aromatic rings. The van der Waals surface area contributed by atoms with Crippen LogP contribution in [0.2, 0.25) is 0 Å². The van der Waals surface area contributed by atoms with Crippen molar-refractivity contribution in [1.82, 2.24) is 10.6 Å². The molecule has 0 aliphatic carbocycles. The van der Waals surface area contributed by atoms with E-state index >= 15 is 0 Å². The number of amides is 1. The molecule has 1 atom stereocenters. The first-order valence-corrected chi connectivity index (χ1v) is 4.69. The molecular weight excluding hydrogens is 184 g/mol. The van der Waals surface area contributed by atoms with Crippen molar-refractivity contribution in [2.45, 2.75) is 25.3 Å². The predicted octanol–water partition coefficient (Wildman–Crippen LogP) is -1.01. The van der Waals surface area contributed by atoms with Gasteiger partial charge in [0.15, 0.2) is 0 Å². The van der Waals surface area contributed by atoms with Crippen LogP contribution in [0.1, 0.15) is 19.3 Å². The molecule has 1 aliphatic rings. The van der Waals surface area contributed by atoms with E-state index in [1.54, 1.807) is 0 Å². The summed E-state index contributed by atoms with van der Waals surface area (Å²) in [5.74, 6) is 0.339. The fourth-order valence-electron chi connectivity index (χ4n) is 1.38. The summed E-state index contributed by atoms with van der Waals surface area (Å²) in [5, 5.41) is 17.1. The molecular formula is C8H16N4O2. The molecule has 0 radical (unpaired) electrons. The van der Waals surface area contributed by atoms with Gasteiger partial charge in [-0.3, -0.25) is 4.79 Å². The molecule has 0 aromatic heterocycles. The van der Waals surface area contributed by atoms with Gasteiger partial charge in [0.1, 0.15) is 5.84 Å². The van der Waals surface area contributed by atoms with E-state index in [9.17, 15) is 4.79 Å². The minimum absolute atomic E-state index is 0.0962. The zero-order chi connectivity index (χ0) is 10.4. The second kappa shape index (κ2) is 5.43. The molecule has 14 heavy (non-hydrogen) atoms. The highest BCUT2D eigenvalue weighted by atomic mass is 16.4. The lowest BCUT2D eigenvalue weighted by molar-refractivity contribution is -0.119. The van der Waals surface area contributed by atoms with Gasteiger partial charge < -0.3 is 21.6 Å². The Morgan fingerprint density at radius 1 is 1.79 bits per heavy atom. The summed E-state index contributed by atoms with van der Waals surface area (Å²) in [6, 6.07) is 0.231. The third kappa shape index (κ3) is 3.61. The van der Waals surface area contributed by atoms with Crippen molar-refractivity contribution in [3.8, 4) is 0 Å². The molecule has 6 nitrogen and oxygen atoms in total. The first-order chi connectivity index (χ1) is 6.72. The average Bonchev–Trinajstić information content (AvgIpc) is 2.58. The molecule has 6 heteroatoms. The van der Waals surface area contributed by atoms with E-state index in [-0.39, 0.29) is 17.8 Å². The molecule has 0 saturated carbocycles. The summed E-state index contributed by atoms with van der Waals surface area (Å²) in [4.78, 5) is 10.8. The number of rotatable bonds is 5. The third-order valence-electron chi connectivity index (χ3n) is 2.15. The Morgan fingerprint density at radius 2 is 2.57 bits per heavy atom. The number of amidine groups is 1. The maximum Gasteiger partial charge on any atom is 0.221 e. The molecule has 1 unspecified atom stereocenters. The van der Waals surface area contributed by atoms with Gasteiger partial charge in [-0.1, -0.05) is 5.16 Å². The summed E-state index contributed by atoms with van der Waals surface area (Å²) in [6.07, 6.45) is 1.92. The fraction of sp³-hybridized carbons (Fsp3) is 0.750. The van der Waals surface area contributed by atoms with Crippen molar-refractivity contribution in [3.05, 3.63) is 0 Å². The summed E-state index contributed by atoms with van der Waals surface area (Å²) < 4.78 is 0. The van der Waals surface area contributed by atoms with Gasteiger partial charge in [-0.05, 0) is 13.0 Å². The highest BCUT2D eigenvalue weighted by molar-refractivity contribution is 5.79. The quantitative estimate of drug-likeness (QED) is 0.150. The Bertz CT molecular complexity index is 229. The van der Waals surface area contributed by atoms with Crippen molar-refractivity contribution < 1.29 is 10.0 Å². The first kappa shape index (κ1) is 10.8. The number of carbonyl (C=O) groups is 1. The molecule has 1 saturated heterocycles. The molecule has 1 amide bonds. The molecule has 1 rings (SSSR count). The van der Waals surface area contributed by atoms with E-state index in [2.05, 4.69) is 15.8 Å². The van der Waals surface area contributed by atoms with Crippen molar-refractivity contribution in [1.29, 1.82) is 0 Å². The Kier molecular flexibility index (Phi) is 4.18. The van der Waals surface area contributed by atoms with Crippen LogP contribution in [-0.2, 0) is 4.79 Å². The smallest absolute Gasteiger partial charge is 0.221 e. The molecule has 5 N–H and O–H groups in total. The molecule has 1 heterocycles. The minimum atomic E-state index is 0.0962. The average molecular weight is 200 g/mol. The lowest BCUT2D eigenvalue weighted by Gasteiger charge is -2.09. The Balaban J connectivity index is 2.02. The summed E-state index contributed by atoms with van der Waals surface area (Å²) in [6.45, 7) is 1.47. The zero-order valence-electron chi connectivity index (χ0n) is 7.99. The summed E-state index contributed by atoms with van der Waals surface area (Å²) in [5.41, 5.74) is 5.30. The number of hydrogen-bond donors (Lipinski definition) is 4. The molecule has 0 bridgehead atoms. The number of nitrogens with one attached hydrogen (secondary N) is 2. The number of oxime groups is 1.